The second-order valence-electron chi connectivity index (χ2n) is 9.26. The zero-order valence-electron chi connectivity index (χ0n) is 19.4. The van der Waals surface area contributed by atoms with Crippen molar-refractivity contribution in [2.24, 2.45) is 0 Å². The molecule has 0 unspecified atom stereocenters. The number of rotatable bonds is 2. The molecule has 2 aromatic carbocycles. The first-order chi connectivity index (χ1) is 17.8. The van der Waals surface area contributed by atoms with Crippen molar-refractivity contribution < 1.29 is 32.9 Å². The molecule has 186 valence electrons. The molecule has 0 fully saturated rings. The molecule has 0 bridgehead atoms. The van der Waals surface area contributed by atoms with E-state index in [1.807, 2.05) is 0 Å². The number of hydrogen-bond donors (Lipinski definition) is 1. The summed E-state index contributed by atoms with van der Waals surface area (Å²) < 4.78 is 46.6. The molecule has 1 N–H and O–H groups in total. The second-order valence-corrected chi connectivity index (χ2v) is 9.26. The number of ether oxygens (including phenoxy) is 3. The number of aliphatic hydroxyl groups is 1. The molecule has 0 spiro atoms. The topological polar surface area (TPSA) is 99.9 Å². The Morgan fingerprint density at radius 3 is 2.59 bits per heavy atom. The van der Waals surface area contributed by atoms with Gasteiger partial charge in [-0.3, -0.25) is 4.79 Å². The van der Waals surface area contributed by atoms with Crippen LogP contribution in [-0.4, -0.2) is 27.4 Å². The minimum atomic E-state index is -1.97. The lowest BCUT2D eigenvalue weighted by atomic mass is 9.86. The normalized spacial score (nSPS) is 19.0. The van der Waals surface area contributed by atoms with Crippen LogP contribution in [0.3, 0.4) is 0 Å². The zero-order chi connectivity index (χ0) is 25.6. The molecule has 0 radical (unpaired) electrons. The number of nitrogens with zero attached hydrogens (tertiary/aromatic N) is 2. The number of cyclic esters (lactones) is 1. The van der Waals surface area contributed by atoms with Gasteiger partial charge in [0.1, 0.15) is 18.2 Å². The van der Waals surface area contributed by atoms with Crippen molar-refractivity contribution >= 4 is 16.9 Å². The summed E-state index contributed by atoms with van der Waals surface area (Å²) >= 11 is 0. The molecule has 0 amide bonds. The van der Waals surface area contributed by atoms with E-state index in [2.05, 4.69) is 0 Å². The van der Waals surface area contributed by atoms with E-state index in [9.17, 15) is 19.1 Å². The van der Waals surface area contributed by atoms with Gasteiger partial charge in [-0.05, 0) is 30.7 Å². The molecule has 0 saturated carbocycles. The molecule has 10 heteroatoms. The summed E-state index contributed by atoms with van der Waals surface area (Å²) in [7, 11) is 0. The Morgan fingerprint density at radius 1 is 1.05 bits per heavy atom. The Kier molecular flexibility index (Phi) is 4.36. The maximum atomic E-state index is 15.2. The van der Waals surface area contributed by atoms with Crippen molar-refractivity contribution in [3.8, 4) is 34.0 Å². The van der Waals surface area contributed by atoms with Crippen LogP contribution in [-0.2, 0) is 28.3 Å². The SMILES string of the molecule is CC[C@@]1(O)C(=O)OCc2c1cc1n(c2=O)Cc2c-1nc1cc3c(cc1c2-c1ccc(F)cc1F)OCO3. The van der Waals surface area contributed by atoms with E-state index < -0.39 is 28.8 Å². The first kappa shape index (κ1) is 21.9. The van der Waals surface area contributed by atoms with Crippen molar-refractivity contribution in [3.05, 3.63) is 75.1 Å². The maximum absolute atomic E-state index is 15.2. The highest BCUT2D eigenvalue weighted by molar-refractivity contribution is 6.01. The summed E-state index contributed by atoms with van der Waals surface area (Å²) in [6, 6.07) is 8.27. The van der Waals surface area contributed by atoms with E-state index in [1.54, 1.807) is 25.1 Å². The Morgan fingerprint density at radius 2 is 1.84 bits per heavy atom. The fourth-order valence-corrected chi connectivity index (χ4v) is 5.47. The van der Waals surface area contributed by atoms with E-state index >= 15 is 4.39 Å². The second kappa shape index (κ2) is 7.36. The molecule has 0 saturated heterocycles. The summed E-state index contributed by atoms with van der Waals surface area (Å²) in [4.78, 5) is 30.8. The van der Waals surface area contributed by atoms with Crippen LogP contribution in [0.25, 0.3) is 33.4 Å². The van der Waals surface area contributed by atoms with Crippen molar-refractivity contribution in [1.29, 1.82) is 0 Å². The van der Waals surface area contributed by atoms with Crippen molar-refractivity contribution in [3.63, 3.8) is 0 Å². The first-order valence-electron chi connectivity index (χ1n) is 11.7. The molecule has 0 aliphatic carbocycles. The number of esters is 1. The third-order valence-corrected chi connectivity index (χ3v) is 7.38. The van der Waals surface area contributed by atoms with Crippen LogP contribution in [0.15, 0.2) is 41.2 Å². The van der Waals surface area contributed by atoms with E-state index in [0.29, 0.717) is 44.9 Å². The van der Waals surface area contributed by atoms with E-state index in [4.69, 9.17) is 19.2 Å². The molecular formula is C27H18F2N2O6. The molecule has 3 aliphatic rings. The van der Waals surface area contributed by atoms with Crippen LogP contribution in [0, 0.1) is 11.6 Å². The van der Waals surface area contributed by atoms with E-state index in [0.717, 1.165) is 6.07 Å². The molecule has 37 heavy (non-hydrogen) atoms. The maximum Gasteiger partial charge on any atom is 0.343 e. The highest BCUT2D eigenvalue weighted by Crippen LogP contribution is 2.46. The number of aromatic nitrogens is 2. The number of benzene rings is 2. The van der Waals surface area contributed by atoms with Gasteiger partial charge in [-0.2, -0.15) is 0 Å². The lowest BCUT2D eigenvalue weighted by molar-refractivity contribution is -0.172. The summed E-state index contributed by atoms with van der Waals surface area (Å²) in [5.74, 6) is -1.38. The number of carbonyl (C=O) groups excluding carboxylic acids is 1. The standard InChI is InChI=1S/C27H18F2N2O6/c1-2-27(34)17-7-20-24-15(9-31(20)25(32)16(17)10-35-26(27)33)23(13-4-3-12(28)5-18(13)29)14-6-21-22(37-11-36-21)8-19(14)30-24/h3-8,34H,2,9-11H2,1H3/t27-/m0/s1. The molecule has 1 atom stereocenters. The smallest absolute Gasteiger partial charge is 0.343 e. The van der Waals surface area contributed by atoms with Gasteiger partial charge < -0.3 is 23.9 Å². The predicted octanol–water partition coefficient (Wildman–Crippen LogP) is 3.75. The molecule has 8 nitrogen and oxygen atoms in total. The van der Waals surface area contributed by atoms with Crippen LogP contribution in [0.1, 0.15) is 30.0 Å². The quantitative estimate of drug-likeness (QED) is 0.366. The Labute approximate surface area is 207 Å². The molecule has 3 aliphatic heterocycles. The van der Waals surface area contributed by atoms with Crippen LogP contribution in [0.2, 0.25) is 0 Å². The summed E-state index contributed by atoms with van der Waals surface area (Å²) in [5.41, 5.74) is 0.291. The van der Waals surface area contributed by atoms with Gasteiger partial charge in [0.2, 0.25) is 6.79 Å². The molecule has 2 aromatic heterocycles. The fraction of sp³-hybridized carbons (Fsp3) is 0.222. The van der Waals surface area contributed by atoms with Crippen LogP contribution >= 0.6 is 0 Å². The highest BCUT2D eigenvalue weighted by Gasteiger charge is 2.45. The zero-order valence-corrected chi connectivity index (χ0v) is 19.4. The van der Waals surface area contributed by atoms with Gasteiger partial charge in [-0.15, -0.1) is 0 Å². The highest BCUT2D eigenvalue weighted by atomic mass is 19.1. The van der Waals surface area contributed by atoms with Gasteiger partial charge in [0.05, 0.1) is 29.0 Å². The average molecular weight is 504 g/mol. The van der Waals surface area contributed by atoms with Crippen molar-refractivity contribution in [1.82, 2.24) is 9.55 Å². The largest absolute Gasteiger partial charge is 0.458 e. The van der Waals surface area contributed by atoms with Gasteiger partial charge in [0.25, 0.3) is 5.56 Å². The van der Waals surface area contributed by atoms with Crippen molar-refractivity contribution in [2.45, 2.75) is 32.1 Å². The number of carbonyl (C=O) groups is 1. The Bertz CT molecular complexity index is 1770. The summed E-state index contributed by atoms with van der Waals surface area (Å²) in [6.07, 6.45) is 0.00918. The van der Waals surface area contributed by atoms with Crippen LogP contribution in [0.4, 0.5) is 8.78 Å². The number of hydrogen-bond acceptors (Lipinski definition) is 7. The predicted molar refractivity (Wildman–Crippen MR) is 126 cm³/mol. The molecule has 7 rings (SSSR count). The van der Waals surface area contributed by atoms with Gasteiger partial charge in [0, 0.05) is 39.8 Å². The van der Waals surface area contributed by atoms with Crippen LogP contribution < -0.4 is 15.0 Å². The van der Waals surface area contributed by atoms with Gasteiger partial charge >= 0.3 is 5.97 Å². The van der Waals surface area contributed by atoms with Gasteiger partial charge in [0.15, 0.2) is 17.1 Å². The molecule has 5 heterocycles. The number of pyridine rings is 2. The minimum absolute atomic E-state index is 0.00918. The third kappa shape index (κ3) is 2.87. The van der Waals surface area contributed by atoms with Gasteiger partial charge in [-0.1, -0.05) is 6.92 Å². The third-order valence-electron chi connectivity index (χ3n) is 7.38. The number of fused-ring (bicyclic) bond motifs is 6. The lowest BCUT2D eigenvalue weighted by Gasteiger charge is -2.31. The molecule has 4 aromatic rings. The van der Waals surface area contributed by atoms with E-state index in [1.165, 1.54) is 16.7 Å². The van der Waals surface area contributed by atoms with Gasteiger partial charge in [-0.25, -0.2) is 18.6 Å². The Balaban J connectivity index is 1.57. The monoisotopic (exact) mass is 504 g/mol. The Hall–Kier alpha value is -4.31. The number of halogens is 2. The summed E-state index contributed by atoms with van der Waals surface area (Å²) in [5, 5.41) is 11.7. The molecular weight excluding hydrogens is 486 g/mol. The average Bonchev–Trinajstić information content (AvgIpc) is 3.49. The summed E-state index contributed by atoms with van der Waals surface area (Å²) in [6.45, 7) is 1.45. The van der Waals surface area contributed by atoms with Crippen LogP contribution in [0.5, 0.6) is 11.5 Å². The first-order valence-corrected chi connectivity index (χ1v) is 11.7. The minimum Gasteiger partial charge on any atom is -0.458 e. The van der Waals surface area contributed by atoms with Crippen molar-refractivity contribution in [2.75, 3.05) is 6.79 Å². The lowest BCUT2D eigenvalue weighted by Crippen LogP contribution is -2.44. The fourth-order valence-electron chi connectivity index (χ4n) is 5.47. The van der Waals surface area contributed by atoms with E-state index in [-0.39, 0.29) is 43.1 Å².